The average Bonchev–Trinajstić information content (AvgIpc) is 2.27. The summed E-state index contributed by atoms with van der Waals surface area (Å²) in [6.45, 7) is 6.26. The van der Waals surface area contributed by atoms with Crippen LogP contribution in [0, 0.1) is 6.92 Å². The maximum atomic E-state index is 11.6. The van der Waals surface area contributed by atoms with Crippen LogP contribution in [0.2, 0.25) is 0 Å². The number of carbonyl (C=O) groups excluding carboxylic acids is 1. The van der Waals surface area contributed by atoms with Gasteiger partial charge in [0.05, 0.1) is 12.7 Å². The number of benzene rings is 1. The van der Waals surface area contributed by atoms with Crippen molar-refractivity contribution in [1.82, 2.24) is 0 Å². The third kappa shape index (κ3) is 2.39. The van der Waals surface area contributed by atoms with Gasteiger partial charge in [0.15, 0.2) is 0 Å². The standard InChI is InChI=1S/C14H16O2S/c1-9-7-10-5-6-14(2,3)17-12(10)8-11(9)13(15)16-4/h5-8H,1-4H3. The molecule has 1 aliphatic heterocycles. The number of carbonyl (C=O) groups is 1. The van der Waals surface area contributed by atoms with E-state index in [0.717, 1.165) is 10.5 Å². The summed E-state index contributed by atoms with van der Waals surface area (Å²) in [5, 5.41) is 0. The van der Waals surface area contributed by atoms with Crippen molar-refractivity contribution in [3.05, 3.63) is 34.9 Å². The highest BCUT2D eigenvalue weighted by Crippen LogP contribution is 2.41. The Labute approximate surface area is 106 Å². The maximum Gasteiger partial charge on any atom is 0.338 e. The lowest BCUT2D eigenvalue weighted by Crippen LogP contribution is -2.14. The Morgan fingerprint density at radius 2 is 2.06 bits per heavy atom. The minimum absolute atomic E-state index is 0.0790. The Hall–Kier alpha value is -1.22. The molecule has 90 valence electrons. The van der Waals surface area contributed by atoms with Crippen molar-refractivity contribution in [2.75, 3.05) is 7.11 Å². The number of hydrogen-bond acceptors (Lipinski definition) is 3. The lowest BCUT2D eigenvalue weighted by Gasteiger charge is -2.25. The van der Waals surface area contributed by atoms with Crippen LogP contribution < -0.4 is 0 Å². The van der Waals surface area contributed by atoms with Gasteiger partial charge in [-0.1, -0.05) is 18.2 Å². The van der Waals surface area contributed by atoms with Crippen molar-refractivity contribution < 1.29 is 9.53 Å². The second-order valence-electron chi connectivity index (χ2n) is 4.74. The van der Waals surface area contributed by atoms with Gasteiger partial charge >= 0.3 is 5.97 Å². The smallest absolute Gasteiger partial charge is 0.338 e. The number of thioether (sulfide) groups is 1. The van der Waals surface area contributed by atoms with Gasteiger partial charge in [0.1, 0.15) is 0 Å². The molecule has 0 aromatic heterocycles. The zero-order valence-corrected chi connectivity index (χ0v) is 11.4. The molecule has 0 saturated heterocycles. The van der Waals surface area contributed by atoms with Crippen LogP contribution in [0.25, 0.3) is 6.08 Å². The molecule has 1 heterocycles. The zero-order valence-electron chi connectivity index (χ0n) is 10.5. The normalized spacial score (nSPS) is 16.5. The lowest BCUT2D eigenvalue weighted by atomic mass is 10.0. The maximum absolute atomic E-state index is 11.6. The fraction of sp³-hybridized carbons (Fsp3) is 0.357. The van der Waals surface area contributed by atoms with Crippen LogP contribution in [-0.2, 0) is 4.74 Å². The summed E-state index contributed by atoms with van der Waals surface area (Å²) >= 11 is 1.77. The molecular formula is C14H16O2S. The molecule has 0 radical (unpaired) electrons. The first-order chi connectivity index (χ1) is 7.93. The number of hydrogen-bond donors (Lipinski definition) is 0. The summed E-state index contributed by atoms with van der Waals surface area (Å²) in [5.41, 5.74) is 2.80. The number of fused-ring (bicyclic) bond motifs is 1. The molecule has 0 aliphatic carbocycles. The molecular weight excluding hydrogens is 232 g/mol. The molecule has 2 nitrogen and oxygen atoms in total. The molecule has 0 unspecified atom stereocenters. The number of rotatable bonds is 1. The molecule has 0 fully saturated rings. The first kappa shape index (κ1) is 12.2. The summed E-state index contributed by atoms with van der Waals surface area (Å²) in [5.74, 6) is -0.266. The highest BCUT2D eigenvalue weighted by molar-refractivity contribution is 8.01. The summed E-state index contributed by atoms with van der Waals surface area (Å²) in [7, 11) is 1.41. The van der Waals surface area contributed by atoms with Crippen LogP contribution in [0.3, 0.4) is 0 Å². The van der Waals surface area contributed by atoms with Crippen molar-refractivity contribution in [2.45, 2.75) is 30.4 Å². The highest BCUT2D eigenvalue weighted by Gasteiger charge is 2.23. The fourth-order valence-corrected chi connectivity index (χ4v) is 2.99. The van der Waals surface area contributed by atoms with E-state index in [2.05, 4.69) is 26.0 Å². The number of ether oxygens (including phenoxy) is 1. The molecule has 1 aliphatic rings. The molecule has 0 N–H and O–H groups in total. The van der Waals surface area contributed by atoms with Crippen molar-refractivity contribution in [2.24, 2.45) is 0 Å². The van der Waals surface area contributed by atoms with E-state index in [1.165, 1.54) is 12.7 Å². The second-order valence-corrected chi connectivity index (χ2v) is 6.43. The van der Waals surface area contributed by atoms with Crippen molar-refractivity contribution >= 4 is 23.8 Å². The first-order valence-electron chi connectivity index (χ1n) is 5.54. The fourth-order valence-electron chi connectivity index (χ4n) is 1.87. The van der Waals surface area contributed by atoms with Gasteiger partial charge in [-0.15, -0.1) is 11.8 Å². The van der Waals surface area contributed by atoms with Crippen LogP contribution in [0.5, 0.6) is 0 Å². The third-order valence-corrected chi connectivity index (χ3v) is 4.04. The monoisotopic (exact) mass is 248 g/mol. The quantitative estimate of drug-likeness (QED) is 0.709. The van der Waals surface area contributed by atoms with Crippen molar-refractivity contribution in [3.8, 4) is 0 Å². The Morgan fingerprint density at radius 1 is 1.35 bits per heavy atom. The van der Waals surface area contributed by atoms with Crippen LogP contribution in [-0.4, -0.2) is 17.8 Å². The van der Waals surface area contributed by atoms with Crippen LogP contribution in [0.4, 0.5) is 0 Å². The van der Waals surface area contributed by atoms with Crippen molar-refractivity contribution in [3.63, 3.8) is 0 Å². The molecule has 0 spiro atoms. The minimum Gasteiger partial charge on any atom is -0.465 e. The molecule has 0 saturated carbocycles. The van der Waals surface area contributed by atoms with E-state index in [1.54, 1.807) is 11.8 Å². The average molecular weight is 248 g/mol. The zero-order chi connectivity index (χ0) is 12.6. The number of methoxy groups -OCH3 is 1. The summed E-state index contributed by atoms with van der Waals surface area (Å²) < 4.78 is 4.87. The molecule has 3 heteroatoms. The molecule has 0 amide bonds. The van der Waals surface area contributed by atoms with E-state index in [-0.39, 0.29) is 10.7 Å². The van der Waals surface area contributed by atoms with Gasteiger partial charge in [0.25, 0.3) is 0 Å². The predicted molar refractivity (Wildman–Crippen MR) is 71.5 cm³/mol. The largest absolute Gasteiger partial charge is 0.465 e. The van der Waals surface area contributed by atoms with Gasteiger partial charge in [-0.2, -0.15) is 0 Å². The van der Waals surface area contributed by atoms with Gasteiger partial charge in [0.2, 0.25) is 0 Å². The van der Waals surface area contributed by atoms with Gasteiger partial charge in [-0.05, 0) is 38.0 Å². The van der Waals surface area contributed by atoms with Crippen LogP contribution in [0.15, 0.2) is 23.1 Å². The highest BCUT2D eigenvalue weighted by atomic mass is 32.2. The summed E-state index contributed by atoms with van der Waals surface area (Å²) in [6.07, 6.45) is 4.32. The van der Waals surface area contributed by atoms with Gasteiger partial charge in [0, 0.05) is 9.64 Å². The Balaban J connectivity index is 2.50. The SMILES string of the molecule is COC(=O)c1cc2c(cc1C)C=CC(C)(C)S2. The van der Waals surface area contributed by atoms with Gasteiger partial charge in [-0.25, -0.2) is 4.79 Å². The van der Waals surface area contributed by atoms with E-state index in [9.17, 15) is 4.79 Å². The van der Waals surface area contributed by atoms with Gasteiger partial charge in [-0.3, -0.25) is 0 Å². The molecule has 1 aromatic rings. The molecule has 17 heavy (non-hydrogen) atoms. The van der Waals surface area contributed by atoms with E-state index in [0.29, 0.717) is 5.56 Å². The topological polar surface area (TPSA) is 26.3 Å². The van der Waals surface area contributed by atoms with E-state index >= 15 is 0 Å². The van der Waals surface area contributed by atoms with E-state index in [4.69, 9.17) is 4.74 Å². The summed E-state index contributed by atoms with van der Waals surface area (Å²) in [6, 6.07) is 3.98. The molecule has 1 aromatic carbocycles. The van der Waals surface area contributed by atoms with Crippen molar-refractivity contribution in [1.29, 1.82) is 0 Å². The summed E-state index contributed by atoms with van der Waals surface area (Å²) in [4.78, 5) is 12.8. The number of aryl methyl sites for hydroxylation is 1. The Bertz CT molecular complexity index is 501. The third-order valence-electron chi connectivity index (χ3n) is 2.80. The number of esters is 1. The van der Waals surface area contributed by atoms with Crippen LogP contribution in [0.1, 0.15) is 35.3 Å². The van der Waals surface area contributed by atoms with E-state index < -0.39 is 0 Å². The molecule has 0 bridgehead atoms. The first-order valence-corrected chi connectivity index (χ1v) is 6.36. The second kappa shape index (κ2) is 4.22. The van der Waals surface area contributed by atoms with E-state index in [1.807, 2.05) is 19.1 Å². The van der Waals surface area contributed by atoms with Gasteiger partial charge < -0.3 is 4.74 Å². The molecule has 0 atom stereocenters. The minimum atomic E-state index is -0.266. The predicted octanol–water partition coefficient (Wildman–Crippen LogP) is 3.68. The lowest BCUT2D eigenvalue weighted by molar-refractivity contribution is 0.0599. The molecule has 2 rings (SSSR count). The van der Waals surface area contributed by atoms with Crippen LogP contribution >= 0.6 is 11.8 Å². The Kier molecular flexibility index (Phi) is 3.04. The Morgan fingerprint density at radius 3 is 2.71 bits per heavy atom.